The largest absolute Gasteiger partial charge is 0.744 e. The average Bonchev–Trinajstić information content (AvgIpc) is 3.13. The third-order valence-corrected chi connectivity index (χ3v) is 6.94. The fourth-order valence-electron chi connectivity index (χ4n) is 3.67. The van der Waals surface area contributed by atoms with Crippen LogP contribution >= 0.6 is 11.8 Å². The second kappa shape index (κ2) is 6.20. The molecule has 3 aliphatic rings. The fraction of sp³-hybridized carbons (Fsp3) is 0.158. The summed E-state index contributed by atoms with van der Waals surface area (Å²) >= 11 is 1.63. The molecule has 0 bridgehead atoms. The number of thioether (sulfide) groups is 1. The van der Waals surface area contributed by atoms with Crippen molar-refractivity contribution in [2.45, 2.75) is 22.6 Å². The summed E-state index contributed by atoms with van der Waals surface area (Å²) in [6, 6.07) is 13.8. The maximum absolute atomic E-state index is 11.4. The van der Waals surface area contributed by atoms with Gasteiger partial charge in [0.25, 0.3) is 0 Å². The third-order valence-electron chi connectivity index (χ3n) is 4.93. The normalized spacial score (nSPS) is 18.6. The van der Waals surface area contributed by atoms with Gasteiger partial charge in [-0.05, 0) is 43.2 Å². The van der Waals surface area contributed by atoms with Crippen molar-refractivity contribution in [2.75, 3.05) is 16.5 Å². The lowest BCUT2D eigenvalue weighted by Gasteiger charge is -2.21. The van der Waals surface area contributed by atoms with E-state index in [0.717, 1.165) is 46.3 Å². The Labute approximate surface area is 166 Å². The maximum Gasteiger partial charge on any atom is 0.158 e. The van der Waals surface area contributed by atoms with E-state index in [2.05, 4.69) is 22.1 Å². The van der Waals surface area contributed by atoms with E-state index in [4.69, 9.17) is 5.41 Å². The number of amidine groups is 1. The van der Waals surface area contributed by atoms with Crippen molar-refractivity contribution in [1.82, 2.24) is 0 Å². The molecule has 0 amide bonds. The Kier molecular flexibility index (Phi) is 3.87. The number of hydrogen-bond acceptors (Lipinski definition) is 7. The molecule has 0 radical (unpaired) electrons. The van der Waals surface area contributed by atoms with Crippen molar-refractivity contribution < 1.29 is 13.0 Å². The third kappa shape index (κ3) is 2.66. The van der Waals surface area contributed by atoms with Crippen LogP contribution in [-0.4, -0.2) is 31.1 Å². The lowest BCUT2D eigenvalue weighted by atomic mass is 10.1. The summed E-state index contributed by atoms with van der Waals surface area (Å²) in [5.41, 5.74) is 3.12. The van der Waals surface area contributed by atoms with Crippen molar-refractivity contribution in [1.29, 1.82) is 5.41 Å². The number of hydrogen-bond donors (Lipinski definition) is 1. The molecule has 0 spiro atoms. The highest BCUT2D eigenvalue weighted by Crippen LogP contribution is 2.49. The Bertz CT molecular complexity index is 1190. The van der Waals surface area contributed by atoms with Gasteiger partial charge >= 0.3 is 0 Å². The van der Waals surface area contributed by atoms with Crippen LogP contribution in [0.3, 0.4) is 0 Å². The van der Waals surface area contributed by atoms with Gasteiger partial charge in [0.05, 0.1) is 32.6 Å². The highest BCUT2D eigenvalue weighted by molar-refractivity contribution is 8.03. The van der Waals surface area contributed by atoms with Gasteiger partial charge in [-0.1, -0.05) is 30.0 Å². The Balaban J connectivity index is 1.60. The minimum absolute atomic E-state index is 0.192. The summed E-state index contributed by atoms with van der Waals surface area (Å²) in [5, 5.41) is 15.7. The minimum Gasteiger partial charge on any atom is -0.744 e. The van der Waals surface area contributed by atoms with Gasteiger partial charge in [-0.2, -0.15) is 5.10 Å². The SMILES string of the molecule is N=C1C2=C3Sc4ccccc4N3CCCC2=NN1c1cccc(S(=O)(=O)[O-])c1. The molecular weight excluding hydrogens is 396 g/mol. The molecule has 1 N–H and O–H groups in total. The molecule has 5 rings (SSSR count). The summed E-state index contributed by atoms with van der Waals surface area (Å²) < 4.78 is 34.1. The van der Waals surface area contributed by atoms with E-state index in [1.807, 2.05) is 12.1 Å². The zero-order valence-electron chi connectivity index (χ0n) is 14.6. The highest BCUT2D eigenvalue weighted by Gasteiger charge is 2.38. The molecule has 0 saturated carbocycles. The Morgan fingerprint density at radius 3 is 2.79 bits per heavy atom. The first kappa shape index (κ1) is 17.5. The quantitative estimate of drug-likeness (QED) is 0.761. The average molecular weight is 411 g/mol. The van der Waals surface area contributed by atoms with Crippen LogP contribution in [0.25, 0.3) is 0 Å². The number of nitrogens with zero attached hydrogens (tertiary/aromatic N) is 3. The van der Waals surface area contributed by atoms with Crippen molar-refractivity contribution in [3.8, 4) is 0 Å². The van der Waals surface area contributed by atoms with Gasteiger partial charge in [0.1, 0.15) is 10.1 Å². The predicted octanol–water partition coefficient (Wildman–Crippen LogP) is 3.36. The number of anilines is 2. The first-order valence-corrected chi connectivity index (χ1v) is 11.0. The minimum atomic E-state index is -4.57. The molecule has 2 aromatic rings. The molecule has 0 aromatic heterocycles. The number of rotatable bonds is 2. The van der Waals surface area contributed by atoms with E-state index in [-0.39, 0.29) is 10.7 Å². The molecule has 0 atom stereocenters. The maximum atomic E-state index is 11.4. The zero-order chi connectivity index (χ0) is 19.5. The van der Waals surface area contributed by atoms with Gasteiger partial charge in [0, 0.05) is 11.4 Å². The molecule has 3 aliphatic heterocycles. The standard InChI is InChI=1S/C19H16N4O3S2/c20-18-17-14(21-23(18)12-5-3-6-13(11-12)28(24,25)26)7-4-10-22-15-8-1-2-9-16(15)27-19(17)22/h1-3,5-6,8-9,11,20H,4,7,10H2,(H,24,25,26)/p-1. The second-order valence-electron chi connectivity index (χ2n) is 6.66. The van der Waals surface area contributed by atoms with E-state index >= 15 is 0 Å². The number of para-hydroxylation sites is 1. The van der Waals surface area contributed by atoms with Crippen molar-refractivity contribution >= 4 is 44.8 Å². The number of fused-ring (bicyclic) bond motifs is 4. The number of benzene rings is 2. The number of nitrogens with one attached hydrogen (secondary N) is 1. The van der Waals surface area contributed by atoms with Crippen LogP contribution < -0.4 is 9.91 Å². The summed E-state index contributed by atoms with van der Waals surface area (Å²) in [5.74, 6) is 0.192. The highest BCUT2D eigenvalue weighted by atomic mass is 32.2. The molecule has 2 aromatic carbocycles. The van der Waals surface area contributed by atoms with Crippen LogP contribution in [0, 0.1) is 5.41 Å². The van der Waals surface area contributed by atoms with Crippen molar-refractivity contribution in [3.63, 3.8) is 0 Å². The fourth-order valence-corrected chi connectivity index (χ4v) is 5.43. The molecule has 0 saturated heterocycles. The smallest absolute Gasteiger partial charge is 0.158 e. The topological polar surface area (TPSA) is 99.9 Å². The number of hydrazone groups is 1. The Morgan fingerprint density at radius 1 is 1.14 bits per heavy atom. The molecular formula is C19H15N4O3S2-. The first-order valence-electron chi connectivity index (χ1n) is 8.75. The van der Waals surface area contributed by atoms with Gasteiger partial charge in [-0.25, -0.2) is 13.4 Å². The molecule has 0 unspecified atom stereocenters. The van der Waals surface area contributed by atoms with Crippen LogP contribution in [0.2, 0.25) is 0 Å². The van der Waals surface area contributed by atoms with Crippen LogP contribution in [0.1, 0.15) is 12.8 Å². The van der Waals surface area contributed by atoms with E-state index < -0.39 is 10.1 Å². The summed E-state index contributed by atoms with van der Waals surface area (Å²) in [6.45, 7) is 0.860. The van der Waals surface area contributed by atoms with Crippen LogP contribution in [-0.2, 0) is 10.1 Å². The molecule has 142 valence electrons. The van der Waals surface area contributed by atoms with Gasteiger partial charge in [-0.15, -0.1) is 0 Å². The molecule has 0 fully saturated rings. The molecule has 9 heteroatoms. The van der Waals surface area contributed by atoms with Crippen LogP contribution in [0.5, 0.6) is 0 Å². The molecule has 3 heterocycles. The summed E-state index contributed by atoms with van der Waals surface area (Å²) in [7, 11) is -4.57. The second-order valence-corrected chi connectivity index (χ2v) is 9.07. The van der Waals surface area contributed by atoms with Gasteiger partial charge in [0.2, 0.25) is 0 Å². The molecule has 28 heavy (non-hydrogen) atoms. The predicted molar refractivity (Wildman–Crippen MR) is 108 cm³/mol. The summed E-state index contributed by atoms with van der Waals surface area (Å²) in [4.78, 5) is 3.05. The van der Waals surface area contributed by atoms with Crippen molar-refractivity contribution in [2.24, 2.45) is 5.10 Å². The molecule has 0 aliphatic carbocycles. The van der Waals surface area contributed by atoms with E-state index in [1.54, 1.807) is 17.8 Å². The zero-order valence-corrected chi connectivity index (χ0v) is 16.3. The van der Waals surface area contributed by atoms with E-state index in [9.17, 15) is 13.0 Å². The Morgan fingerprint density at radius 2 is 1.96 bits per heavy atom. The summed E-state index contributed by atoms with van der Waals surface area (Å²) in [6.07, 6.45) is 1.63. The van der Waals surface area contributed by atoms with E-state index in [0.29, 0.717) is 5.69 Å². The van der Waals surface area contributed by atoms with Gasteiger partial charge in [0.15, 0.2) is 5.84 Å². The van der Waals surface area contributed by atoms with Gasteiger partial charge < -0.3 is 9.45 Å². The van der Waals surface area contributed by atoms with Crippen LogP contribution in [0.15, 0.2) is 74.0 Å². The molecule has 7 nitrogen and oxygen atoms in total. The Hall–Kier alpha value is -2.62. The van der Waals surface area contributed by atoms with Crippen LogP contribution in [0.4, 0.5) is 11.4 Å². The first-order chi connectivity index (χ1) is 13.4. The van der Waals surface area contributed by atoms with Gasteiger partial charge in [-0.3, -0.25) is 5.41 Å². The van der Waals surface area contributed by atoms with E-state index in [1.165, 1.54) is 23.2 Å². The van der Waals surface area contributed by atoms with Crippen molar-refractivity contribution in [3.05, 3.63) is 59.1 Å². The lowest BCUT2D eigenvalue weighted by Crippen LogP contribution is -2.25. The lowest BCUT2D eigenvalue weighted by molar-refractivity contribution is 0.463. The monoisotopic (exact) mass is 411 g/mol.